The molecule has 0 aliphatic rings. The van der Waals surface area contributed by atoms with Crippen molar-refractivity contribution in [3.8, 4) is 6.07 Å². The van der Waals surface area contributed by atoms with Crippen LogP contribution in [-0.4, -0.2) is 16.0 Å². The minimum Gasteiger partial charge on any atom is -0.334 e. The number of halogens is 1. The third-order valence-electron chi connectivity index (χ3n) is 2.39. The van der Waals surface area contributed by atoms with Crippen LogP contribution in [0.2, 0.25) is 0 Å². The Balaban J connectivity index is 1.93. The molecule has 100 valence electrons. The van der Waals surface area contributed by atoms with Crippen LogP contribution in [0, 0.1) is 11.3 Å². The Labute approximate surface area is 124 Å². The number of aromatic nitrogens is 2. The maximum Gasteiger partial charge on any atom is 0.320 e. The number of hydrogen-bond donors (Lipinski definition) is 2. The monoisotopic (exact) mass is 331 g/mol. The van der Waals surface area contributed by atoms with Crippen molar-refractivity contribution in [2.45, 2.75) is 6.54 Å². The first-order valence-corrected chi connectivity index (χ1v) is 6.48. The largest absolute Gasteiger partial charge is 0.334 e. The lowest BCUT2D eigenvalue weighted by Gasteiger charge is -2.07. The van der Waals surface area contributed by atoms with E-state index in [4.69, 9.17) is 5.26 Å². The van der Waals surface area contributed by atoms with Crippen molar-refractivity contribution in [1.82, 2.24) is 15.3 Å². The lowest BCUT2D eigenvalue weighted by atomic mass is 10.3. The van der Waals surface area contributed by atoms with Crippen LogP contribution in [0.3, 0.4) is 0 Å². The van der Waals surface area contributed by atoms with Crippen LogP contribution < -0.4 is 10.6 Å². The molecule has 2 aromatic rings. The summed E-state index contributed by atoms with van der Waals surface area (Å²) in [4.78, 5) is 19.6. The van der Waals surface area contributed by atoms with Crippen LogP contribution in [0.1, 0.15) is 11.1 Å². The lowest BCUT2D eigenvalue weighted by Crippen LogP contribution is -2.28. The minimum absolute atomic E-state index is 0.313. The third kappa shape index (κ3) is 3.76. The molecule has 0 fully saturated rings. The van der Waals surface area contributed by atoms with Gasteiger partial charge in [-0.2, -0.15) is 5.26 Å². The number of nitriles is 1. The number of anilines is 1. The van der Waals surface area contributed by atoms with Gasteiger partial charge in [-0.1, -0.05) is 6.07 Å². The predicted octanol–water partition coefficient (Wildman–Crippen LogP) is 2.43. The first kappa shape index (κ1) is 14.0. The molecule has 0 aliphatic carbocycles. The number of hydrogen-bond acceptors (Lipinski definition) is 4. The highest BCUT2D eigenvalue weighted by Gasteiger charge is 2.06. The molecule has 20 heavy (non-hydrogen) atoms. The Bertz CT molecular complexity index is 654. The fraction of sp³-hybridized carbons (Fsp3) is 0.0769. The van der Waals surface area contributed by atoms with E-state index in [2.05, 4.69) is 36.5 Å². The summed E-state index contributed by atoms with van der Waals surface area (Å²) in [5.41, 5.74) is 1.30. The second kappa shape index (κ2) is 6.63. The van der Waals surface area contributed by atoms with Crippen LogP contribution in [0.25, 0.3) is 0 Å². The number of urea groups is 1. The molecule has 0 saturated carbocycles. The molecule has 0 bridgehead atoms. The van der Waals surface area contributed by atoms with Gasteiger partial charge in [0, 0.05) is 25.1 Å². The minimum atomic E-state index is -0.396. The topological polar surface area (TPSA) is 90.7 Å². The van der Waals surface area contributed by atoms with Gasteiger partial charge < -0.3 is 5.32 Å². The standard InChI is InChI=1S/C13H10BrN5O/c14-11-8-17-12(4-10(11)5-15)19-13(20)18-7-9-2-1-3-16-6-9/h1-4,6,8H,7H2,(H2,17,18,19,20). The fourth-order valence-corrected chi connectivity index (χ4v) is 1.74. The van der Waals surface area contributed by atoms with Crippen molar-refractivity contribution in [3.05, 3.63) is 52.4 Å². The molecule has 0 aliphatic heterocycles. The van der Waals surface area contributed by atoms with E-state index in [1.165, 1.54) is 12.3 Å². The van der Waals surface area contributed by atoms with Gasteiger partial charge in [-0.15, -0.1) is 0 Å². The molecule has 0 saturated heterocycles. The van der Waals surface area contributed by atoms with Crippen molar-refractivity contribution < 1.29 is 4.79 Å². The zero-order valence-corrected chi connectivity index (χ0v) is 11.9. The Kier molecular flexibility index (Phi) is 4.63. The smallest absolute Gasteiger partial charge is 0.320 e. The van der Waals surface area contributed by atoms with Gasteiger partial charge >= 0.3 is 6.03 Å². The van der Waals surface area contributed by atoms with Gasteiger partial charge in [0.1, 0.15) is 11.9 Å². The van der Waals surface area contributed by atoms with E-state index >= 15 is 0 Å². The van der Waals surface area contributed by atoms with E-state index in [1.54, 1.807) is 18.5 Å². The normalized spacial score (nSPS) is 9.60. The summed E-state index contributed by atoms with van der Waals surface area (Å²) >= 11 is 3.20. The van der Waals surface area contributed by atoms with Gasteiger partial charge in [-0.3, -0.25) is 10.3 Å². The molecular formula is C13H10BrN5O. The van der Waals surface area contributed by atoms with Gasteiger partial charge in [-0.25, -0.2) is 9.78 Å². The summed E-state index contributed by atoms with van der Waals surface area (Å²) < 4.78 is 0.585. The van der Waals surface area contributed by atoms with Crippen molar-refractivity contribution in [1.29, 1.82) is 5.26 Å². The summed E-state index contributed by atoms with van der Waals surface area (Å²) in [6.45, 7) is 0.362. The van der Waals surface area contributed by atoms with E-state index in [9.17, 15) is 4.79 Å². The first-order valence-electron chi connectivity index (χ1n) is 5.68. The first-order chi connectivity index (χ1) is 9.69. The van der Waals surface area contributed by atoms with Crippen LogP contribution in [0.15, 0.2) is 41.3 Å². The molecular weight excluding hydrogens is 322 g/mol. The molecule has 0 aromatic carbocycles. The fourth-order valence-electron chi connectivity index (χ4n) is 1.44. The van der Waals surface area contributed by atoms with Gasteiger partial charge in [0.25, 0.3) is 0 Å². The second-order valence-corrected chi connectivity index (χ2v) is 4.68. The molecule has 2 N–H and O–H groups in total. The van der Waals surface area contributed by atoms with Crippen molar-refractivity contribution in [3.63, 3.8) is 0 Å². The summed E-state index contributed by atoms with van der Waals surface area (Å²) in [7, 11) is 0. The Morgan fingerprint density at radius 1 is 1.45 bits per heavy atom. The maximum absolute atomic E-state index is 11.7. The van der Waals surface area contributed by atoms with E-state index in [0.717, 1.165) is 5.56 Å². The molecule has 2 amide bonds. The molecule has 6 nitrogen and oxygen atoms in total. The highest BCUT2D eigenvalue weighted by atomic mass is 79.9. The molecule has 2 rings (SSSR count). The zero-order chi connectivity index (χ0) is 14.4. The molecule has 2 heterocycles. The number of carbonyl (C=O) groups excluding carboxylic acids is 1. The summed E-state index contributed by atoms with van der Waals surface area (Å²) in [6, 6.07) is 6.75. The van der Waals surface area contributed by atoms with Crippen LogP contribution in [0.4, 0.5) is 10.6 Å². The van der Waals surface area contributed by atoms with Gasteiger partial charge in [0.2, 0.25) is 0 Å². The van der Waals surface area contributed by atoms with Gasteiger partial charge in [0.05, 0.1) is 10.0 Å². The maximum atomic E-state index is 11.7. The van der Waals surface area contributed by atoms with E-state index in [-0.39, 0.29) is 0 Å². The van der Waals surface area contributed by atoms with Gasteiger partial charge in [-0.05, 0) is 33.6 Å². The number of carbonyl (C=O) groups is 1. The zero-order valence-electron chi connectivity index (χ0n) is 10.3. The van der Waals surface area contributed by atoms with Gasteiger partial charge in [0.15, 0.2) is 0 Å². The number of nitrogens with zero attached hydrogens (tertiary/aromatic N) is 3. The van der Waals surface area contributed by atoms with E-state index < -0.39 is 6.03 Å². The van der Waals surface area contributed by atoms with Crippen LogP contribution >= 0.6 is 15.9 Å². The van der Waals surface area contributed by atoms with Crippen LogP contribution in [-0.2, 0) is 6.54 Å². The Morgan fingerprint density at radius 2 is 2.30 bits per heavy atom. The molecule has 7 heteroatoms. The SMILES string of the molecule is N#Cc1cc(NC(=O)NCc2cccnc2)ncc1Br. The molecule has 2 aromatic heterocycles. The summed E-state index contributed by atoms with van der Waals surface area (Å²) in [5.74, 6) is 0.313. The highest BCUT2D eigenvalue weighted by molar-refractivity contribution is 9.10. The third-order valence-corrected chi connectivity index (χ3v) is 3.03. The average Bonchev–Trinajstić information content (AvgIpc) is 2.48. The summed E-state index contributed by atoms with van der Waals surface area (Å²) in [5, 5.41) is 14.1. The van der Waals surface area contributed by atoms with E-state index in [0.29, 0.717) is 22.4 Å². The number of nitrogens with one attached hydrogen (secondary N) is 2. The number of rotatable bonds is 3. The quantitative estimate of drug-likeness (QED) is 0.903. The molecule has 0 radical (unpaired) electrons. The van der Waals surface area contributed by atoms with Crippen molar-refractivity contribution in [2.24, 2.45) is 0 Å². The van der Waals surface area contributed by atoms with Crippen molar-refractivity contribution in [2.75, 3.05) is 5.32 Å². The predicted molar refractivity (Wildman–Crippen MR) is 76.7 cm³/mol. The lowest BCUT2D eigenvalue weighted by molar-refractivity contribution is 0.251. The Morgan fingerprint density at radius 3 is 3.00 bits per heavy atom. The highest BCUT2D eigenvalue weighted by Crippen LogP contribution is 2.17. The number of amides is 2. The average molecular weight is 332 g/mol. The van der Waals surface area contributed by atoms with Crippen molar-refractivity contribution >= 4 is 27.8 Å². The number of pyridine rings is 2. The second-order valence-electron chi connectivity index (χ2n) is 3.83. The Hall–Kier alpha value is -2.46. The molecule has 0 unspecified atom stereocenters. The molecule has 0 atom stereocenters. The summed E-state index contributed by atoms with van der Waals surface area (Å²) in [6.07, 6.45) is 4.81. The van der Waals surface area contributed by atoms with Crippen LogP contribution in [0.5, 0.6) is 0 Å². The molecule has 0 spiro atoms. The van der Waals surface area contributed by atoms with E-state index in [1.807, 2.05) is 12.1 Å².